The van der Waals surface area contributed by atoms with Crippen LogP contribution >= 0.6 is 10.9 Å². The van der Waals surface area contributed by atoms with Crippen molar-refractivity contribution in [1.82, 2.24) is 0 Å². The Kier molecular flexibility index (Phi) is 4.84. The second-order valence-corrected chi connectivity index (χ2v) is 5.25. The zero-order chi connectivity index (χ0) is 12.8. The summed E-state index contributed by atoms with van der Waals surface area (Å²) >= 11 is 0. The van der Waals surface area contributed by atoms with Crippen LogP contribution in [0.5, 0.6) is 5.75 Å². The minimum absolute atomic E-state index is 0.151. The Hall–Kier alpha value is -1.69. The van der Waals surface area contributed by atoms with Crippen molar-refractivity contribution in [2.45, 2.75) is 0 Å². The Morgan fingerprint density at radius 2 is 1.94 bits per heavy atom. The number of carbonyl (C=O) groups is 2. The third-order valence-electron chi connectivity index (χ3n) is 1.99. The number of methoxy groups -OCH3 is 1. The third-order valence-corrected chi connectivity index (χ3v) is 3.41. The van der Waals surface area contributed by atoms with Crippen molar-refractivity contribution in [1.29, 1.82) is 0 Å². The van der Waals surface area contributed by atoms with E-state index in [4.69, 9.17) is 9.84 Å². The summed E-state index contributed by atoms with van der Waals surface area (Å²) in [6, 6.07) is 6.85. The molecule has 2 N–H and O–H groups in total. The molecule has 0 atom stereocenters. The van der Waals surface area contributed by atoms with Crippen LogP contribution in [-0.4, -0.2) is 35.4 Å². The number of anilines is 1. The second kappa shape index (κ2) is 6.15. The minimum atomic E-state index is -0.972. The fraction of sp³-hybridized carbons (Fsp3) is 0.273. The first-order chi connectivity index (χ1) is 8.02. The zero-order valence-electron chi connectivity index (χ0n) is 9.60. The molecule has 1 rings (SSSR count). The van der Waals surface area contributed by atoms with Gasteiger partial charge in [0, 0.05) is 5.69 Å². The van der Waals surface area contributed by atoms with Gasteiger partial charge < -0.3 is 15.2 Å². The molecule has 0 aromatic heterocycles. The molecule has 0 spiro atoms. The summed E-state index contributed by atoms with van der Waals surface area (Å²) in [5.74, 6) is -0.424. The molecule has 0 aliphatic carbocycles. The maximum Gasteiger partial charge on any atom is 0.313 e. The van der Waals surface area contributed by atoms with Crippen LogP contribution in [0, 0.1) is 0 Å². The lowest BCUT2D eigenvalue weighted by Gasteiger charge is -2.12. The average molecular weight is 256 g/mol. The largest absolute Gasteiger partial charge is 0.497 e. The van der Waals surface area contributed by atoms with Crippen LogP contribution in [0.3, 0.4) is 0 Å². The molecule has 0 saturated carbocycles. The predicted octanol–water partition coefficient (Wildman–Crippen LogP) is 2.21. The second-order valence-electron chi connectivity index (χ2n) is 3.32. The highest BCUT2D eigenvalue weighted by molar-refractivity contribution is 8.29. The Balaban J connectivity index is 2.58. The number of amides is 1. The number of nitrogens with one attached hydrogen (secondary N) is 1. The first-order valence-electron chi connectivity index (χ1n) is 4.82. The Morgan fingerprint density at radius 3 is 2.41 bits per heavy atom. The van der Waals surface area contributed by atoms with Crippen LogP contribution in [0.2, 0.25) is 0 Å². The number of aliphatic carboxylic acids is 1. The van der Waals surface area contributed by atoms with Crippen molar-refractivity contribution in [2.75, 3.05) is 24.4 Å². The normalized spacial score (nSPS) is 10.1. The molecule has 93 valence electrons. The quantitative estimate of drug-likeness (QED) is 0.866. The topological polar surface area (TPSA) is 75.6 Å². The fourth-order valence-electron chi connectivity index (χ4n) is 1.13. The Bertz CT molecular complexity index is 404. The molecule has 0 aliphatic heterocycles. The van der Waals surface area contributed by atoms with Gasteiger partial charge in [-0.2, -0.15) is 0 Å². The van der Waals surface area contributed by atoms with Gasteiger partial charge in [-0.3, -0.25) is 9.59 Å². The predicted molar refractivity (Wildman–Crippen MR) is 68.0 cm³/mol. The van der Waals surface area contributed by atoms with E-state index in [1.54, 1.807) is 37.6 Å². The van der Waals surface area contributed by atoms with Crippen LogP contribution in [-0.2, 0) is 4.79 Å². The van der Waals surface area contributed by atoms with E-state index in [1.165, 1.54) is 0 Å². The standard InChI is InChI=1S/C11H14NO4S/c1-16-9-5-3-8(4-6-9)12-11(15)17(2)7-10(13)14/h3-6H,7H2,1-2H3,(H,12,15)(H,13,14). The number of benzene rings is 1. The van der Waals surface area contributed by atoms with Crippen molar-refractivity contribution < 1.29 is 19.4 Å². The molecular formula is C11H14NO4S. The highest BCUT2D eigenvalue weighted by Gasteiger charge is 2.14. The summed E-state index contributed by atoms with van der Waals surface area (Å²) in [6.07, 6.45) is 1.60. The number of carboxylic acids is 1. The number of carboxylic acid groups (broad SMARTS) is 1. The molecule has 17 heavy (non-hydrogen) atoms. The van der Waals surface area contributed by atoms with Crippen molar-refractivity contribution in [3.05, 3.63) is 24.3 Å². The third kappa shape index (κ3) is 4.36. The Morgan fingerprint density at radius 1 is 1.35 bits per heavy atom. The summed E-state index contributed by atoms with van der Waals surface area (Å²) in [7, 11) is 0.726. The molecule has 5 nitrogen and oxygen atoms in total. The molecule has 0 heterocycles. The fourth-order valence-corrected chi connectivity index (χ4v) is 1.92. The van der Waals surface area contributed by atoms with Gasteiger partial charge in [-0.1, -0.05) is 0 Å². The van der Waals surface area contributed by atoms with Crippen LogP contribution in [0.1, 0.15) is 0 Å². The van der Waals surface area contributed by atoms with E-state index in [-0.39, 0.29) is 11.0 Å². The number of ether oxygens (including phenoxy) is 1. The van der Waals surface area contributed by atoms with Crippen molar-refractivity contribution in [3.8, 4) is 5.75 Å². The maximum atomic E-state index is 11.6. The average Bonchev–Trinajstić information content (AvgIpc) is 2.29. The van der Waals surface area contributed by atoms with Gasteiger partial charge in [0.15, 0.2) is 0 Å². The molecule has 1 aromatic carbocycles. The van der Waals surface area contributed by atoms with Gasteiger partial charge in [0.05, 0.1) is 12.9 Å². The van der Waals surface area contributed by atoms with E-state index in [2.05, 4.69) is 5.32 Å². The van der Waals surface area contributed by atoms with Crippen molar-refractivity contribution in [3.63, 3.8) is 0 Å². The molecule has 0 unspecified atom stereocenters. The summed E-state index contributed by atoms with van der Waals surface area (Å²) in [6.45, 7) is 0. The molecular weight excluding hydrogens is 242 g/mol. The number of hydrogen-bond donors (Lipinski definition) is 2. The van der Waals surface area contributed by atoms with Gasteiger partial charge in [-0.05, 0) is 30.5 Å². The lowest BCUT2D eigenvalue weighted by atomic mass is 10.3. The SMILES string of the molecule is COc1ccc(NC(=O)[S](C)CC(=O)O)cc1. The lowest BCUT2D eigenvalue weighted by molar-refractivity contribution is -0.133. The molecule has 1 aromatic rings. The number of hydrogen-bond acceptors (Lipinski definition) is 3. The number of rotatable bonds is 4. The first kappa shape index (κ1) is 13.4. The van der Waals surface area contributed by atoms with E-state index >= 15 is 0 Å². The summed E-state index contributed by atoms with van der Waals surface area (Å²) in [5, 5.41) is 11.0. The van der Waals surface area contributed by atoms with Gasteiger partial charge in [0.25, 0.3) is 5.24 Å². The summed E-state index contributed by atoms with van der Waals surface area (Å²) in [5.41, 5.74) is 0.625. The molecule has 0 bridgehead atoms. The first-order valence-corrected chi connectivity index (χ1v) is 6.62. The van der Waals surface area contributed by atoms with Gasteiger partial charge in [0.1, 0.15) is 5.75 Å². The monoisotopic (exact) mass is 256 g/mol. The summed E-state index contributed by atoms with van der Waals surface area (Å²) < 4.78 is 4.99. The van der Waals surface area contributed by atoms with E-state index in [0.29, 0.717) is 11.4 Å². The number of carbonyl (C=O) groups excluding carboxylic acids is 1. The van der Waals surface area contributed by atoms with Crippen LogP contribution < -0.4 is 10.1 Å². The highest BCUT2D eigenvalue weighted by atomic mass is 32.2. The Labute approximate surface area is 102 Å². The molecule has 0 aliphatic rings. The summed E-state index contributed by atoms with van der Waals surface area (Å²) in [4.78, 5) is 22.1. The molecule has 0 fully saturated rings. The van der Waals surface area contributed by atoms with Gasteiger partial charge in [-0.15, -0.1) is 10.9 Å². The van der Waals surface area contributed by atoms with Gasteiger partial charge >= 0.3 is 5.97 Å². The zero-order valence-corrected chi connectivity index (χ0v) is 10.4. The van der Waals surface area contributed by atoms with Crippen LogP contribution in [0.4, 0.5) is 10.5 Å². The van der Waals surface area contributed by atoms with Crippen molar-refractivity contribution >= 4 is 27.8 Å². The molecule has 1 radical (unpaired) electrons. The van der Waals surface area contributed by atoms with E-state index in [0.717, 1.165) is 0 Å². The van der Waals surface area contributed by atoms with Gasteiger partial charge in [0.2, 0.25) is 0 Å². The van der Waals surface area contributed by atoms with E-state index in [1.807, 2.05) is 0 Å². The smallest absolute Gasteiger partial charge is 0.313 e. The lowest BCUT2D eigenvalue weighted by Crippen LogP contribution is -2.15. The molecule has 0 saturated heterocycles. The molecule has 1 amide bonds. The van der Waals surface area contributed by atoms with E-state index in [9.17, 15) is 9.59 Å². The highest BCUT2D eigenvalue weighted by Crippen LogP contribution is 2.24. The van der Waals surface area contributed by atoms with Crippen molar-refractivity contribution in [2.24, 2.45) is 0 Å². The maximum absolute atomic E-state index is 11.6. The van der Waals surface area contributed by atoms with Gasteiger partial charge in [-0.25, -0.2) is 0 Å². The van der Waals surface area contributed by atoms with E-state index < -0.39 is 16.9 Å². The van der Waals surface area contributed by atoms with Crippen LogP contribution in [0.25, 0.3) is 0 Å². The van der Waals surface area contributed by atoms with Crippen LogP contribution in [0.15, 0.2) is 24.3 Å². The molecule has 6 heteroatoms. The minimum Gasteiger partial charge on any atom is -0.497 e.